The molecule has 0 unspecified atom stereocenters. The van der Waals surface area contributed by atoms with Crippen molar-refractivity contribution in [3.63, 3.8) is 0 Å². The predicted octanol–water partition coefficient (Wildman–Crippen LogP) is 4.89. The monoisotopic (exact) mass is 433 g/mol. The van der Waals surface area contributed by atoms with Crippen LogP contribution < -0.4 is 9.47 Å². The summed E-state index contributed by atoms with van der Waals surface area (Å²) in [5, 5.41) is 8.71. The zero-order valence-electron chi connectivity index (χ0n) is 17.6. The number of carbonyl (C=O) groups excluding carboxylic acids is 1. The molecule has 0 saturated heterocycles. The van der Waals surface area contributed by atoms with Gasteiger partial charge in [-0.15, -0.1) is 0 Å². The Morgan fingerprint density at radius 1 is 1.06 bits per heavy atom. The summed E-state index contributed by atoms with van der Waals surface area (Å²) in [5.74, 6) is 1.08. The lowest BCUT2D eigenvalue weighted by Gasteiger charge is -2.16. The normalized spacial score (nSPS) is 10.7. The van der Waals surface area contributed by atoms with Gasteiger partial charge in [-0.05, 0) is 52.2 Å². The summed E-state index contributed by atoms with van der Waals surface area (Å²) < 4.78 is 12.6. The standard InChI is InChI=1S/C24H23N3O3S/c1-26(14-17-11-12-31-16-17)24(28)23-20(15-27(25-23)19-7-5-4-6-8-19)18-9-10-21(29-2)22(13-18)30-3/h4-13,15-16H,14H2,1-3H3. The number of ether oxygens (including phenoxy) is 2. The van der Waals surface area contributed by atoms with E-state index < -0.39 is 0 Å². The Morgan fingerprint density at radius 2 is 1.84 bits per heavy atom. The van der Waals surface area contributed by atoms with Crippen LogP contribution in [-0.2, 0) is 6.54 Å². The van der Waals surface area contributed by atoms with Crippen molar-refractivity contribution >= 4 is 17.2 Å². The summed E-state index contributed by atoms with van der Waals surface area (Å²) >= 11 is 1.61. The summed E-state index contributed by atoms with van der Waals surface area (Å²) in [7, 11) is 4.98. The smallest absolute Gasteiger partial charge is 0.275 e. The summed E-state index contributed by atoms with van der Waals surface area (Å²) in [6.07, 6.45) is 1.88. The van der Waals surface area contributed by atoms with Gasteiger partial charge < -0.3 is 14.4 Å². The minimum Gasteiger partial charge on any atom is -0.493 e. The highest BCUT2D eigenvalue weighted by molar-refractivity contribution is 7.07. The molecule has 0 aliphatic rings. The Hall–Kier alpha value is -3.58. The van der Waals surface area contributed by atoms with E-state index >= 15 is 0 Å². The highest BCUT2D eigenvalue weighted by Gasteiger charge is 2.23. The van der Waals surface area contributed by atoms with Crippen LogP contribution in [-0.4, -0.2) is 41.9 Å². The topological polar surface area (TPSA) is 56.6 Å². The summed E-state index contributed by atoms with van der Waals surface area (Å²) in [5.41, 5.74) is 3.91. The van der Waals surface area contributed by atoms with Crippen molar-refractivity contribution in [2.75, 3.05) is 21.3 Å². The van der Waals surface area contributed by atoms with Crippen molar-refractivity contribution in [3.05, 3.63) is 82.8 Å². The van der Waals surface area contributed by atoms with E-state index in [-0.39, 0.29) is 5.91 Å². The van der Waals surface area contributed by atoms with E-state index in [0.717, 1.165) is 22.4 Å². The number of amides is 1. The molecular weight excluding hydrogens is 410 g/mol. The number of carbonyl (C=O) groups is 1. The number of nitrogens with zero attached hydrogens (tertiary/aromatic N) is 3. The lowest BCUT2D eigenvalue weighted by Crippen LogP contribution is -2.27. The van der Waals surface area contributed by atoms with Gasteiger partial charge in [-0.1, -0.05) is 24.3 Å². The third-order valence-corrected chi connectivity index (χ3v) is 5.71. The van der Waals surface area contributed by atoms with Crippen LogP contribution in [0.15, 0.2) is 71.6 Å². The Morgan fingerprint density at radius 3 is 2.52 bits per heavy atom. The minimum absolute atomic E-state index is 0.148. The van der Waals surface area contributed by atoms with Crippen LogP contribution in [0.4, 0.5) is 0 Å². The molecule has 0 radical (unpaired) electrons. The maximum atomic E-state index is 13.4. The molecule has 158 valence electrons. The van der Waals surface area contributed by atoms with Crippen LogP contribution in [0, 0.1) is 0 Å². The molecule has 6 nitrogen and oxygen atoms in total. The van der Waals surface area contributed by atoms with Crippen LogP contribution >= 0.6 is 11.3 Å². The molecule has 0 saturated carbocycles. The molecule has 2 aromatic heterocycles. The van der Waals surface area contributed by atoms with Crippen LogP contribution in [0.5, 0.6) is 11.5 Å². The van der Waals surface area contributed by atoms with Gasteiger partial charge in [0, 0.05) is 25.4 Å². The first-order valence-corrected chi connectivity index (χ1v) is 10.7. The Balaban J connectivity index is 1.78. The Labute approximate surface area is 185 Å². The van der Waals surface area contributed by atoms with Crippen molar-refractivity contribution in [2.24, 2.45) is 0 Å². The molecule has 0 aliphatic carbocycles. The molecule has 0 bridgehead atoms. The molecule has 1 amide bonds. The van der Waals surface area contributed by atoms with E-state index in [1.807, 2.05) is 71.6 Å². The average Bonchev–Trinajstić information content (AvgIpc) is 3.49. The molecule has 0 N–H and O–H groups in total. The van der Waals surface area contributed by atoms with Gasteiger partial charge in [0.2, 0.25) is 0 Å². The summed E-state index contributed by atoms with van der Waals surface area (Å²) in [4.78, 5) is 15.1. The second-order valence-electron chi connectivity index (χ2n) is 7.03. The van der Waals surface area contributed by atoms with E-state index in [9.17, 15) is 4.79 Å². The first kappa shape index (κ1) is 20.7. The third-order valence-electron chi connectivity index (χ3n) is 4.98. The number of methoxy groups -OCH3 is 2. The van der Waals surface area contributed by atoms with Gasteiger partial charge >= 0.3 is 0 Å². The van der Waals surface area contributed by atoms with Gasteiger partial charge in [-0.3, -0.25) is 4.79 Å². The zero-order chi connectivity index (χ0) is 21.8. The molecule has 0 atom stereocenters. The minimum atomic E-state index is -0.148. The second-order valence-corrected chi connectivity index (χ2v) is 7.81. The van der Waals surface area contributed by atoms with Crippen molar-refractivity contribution in [1.29, 1.82) is 0 Å². The van der Waals surface area contributed by atoms with Crippen molar-refractivity contribution in [2.45, 2.75) is 6.54 Å². The molecule has 4 rings (SSSR count). The summed E-state index contributed by atoms with van der Waals surface area (Å²) in [6.45, 7) is 0.520. The number of aromatic nitrogens is 2. The van der Waals surface area contributed by atoms with Crippen molar-refractivity contribution < 1.29 is 14.3 Å². The Kier molecular flexibility index (Phi) is 6.04. The quantitative estimate of drug-likeness (QED) is 0.416. The number of hydrogen-bond acceptors (Lipinski definition) is 5. The molecule has 0 aliphatic heterocycles. The lowest BCUT2D eigenvalue weighted by molar-refractivity contribution is 0.0779. The third kappa shape index (κ3) is 4.32. The summed E-state index contributed by atoms with van der Waals surface area (Å²) in [6, 6.07) is 17.4. The van der Waals surface area contributed by atoms with E-state index in [1.165, 1.54) is 0 Å². The van der Waals surface area contributed by atoms with Gasteiger partial charge in [0.15, 0.2) is 17.2 Å². The molecule has 4 aromatic rings. The number of hydrogen-bond donors (Lipinski definition) is 0. The molecule has 2 heterocycles. The fourth-order valence-corrected chi connectivity index (χ4v) is 4.03. The van der Waals surface area contributed by atoms with Gasteiger partial charge in [-0.25, -0.2) is 4.68 Å². The van der Waals surface area contributed by atoms with E-state index in [4.69, 9.17) is 9.47 Å². The van der Waals surface area contributed by atoms with Crippen LogP contribution in [0.3, 0.4) is 0 Å². The fourth-order valence-electron chi connectivity index (χ4n) is 3.37. The van der Waals surface area contributed by atoms with Crippen molar-refractivity contribution in [3.8, 4) is 28.3 Å². The SMILES string of the molecule is COc1ccc(-c2cn(-c3ccccc3)nc2C(=O)N(C)Cc2ccsc2)cc1OC. The van der Waals surface area contributed by atoms with Gasteiger partial charge in [0.25, 0.3) is 5.91 Å². The van der Waals surface area contributed by atoms with Crippen molar-refractivity contribution in [1.82, 2.24) is 14.7 Å². The Bertz CT molecular complexity index is 1170. The first-order valence-electron chi connectivity index (χ1n) is 9.74. The number of benzene rings is 2. The van der Waals surface area contributed by atoms with E-state index in [0.29, 0.717) is 23.7 Å². The van der Waals surface area contributed by atoms with Gasteiger partial charge in [-0.2, -0.15) is 16.4 Å². The molecule has 7 heteroatoms. The fraction of sp³-hybridized carbons (Fsp3) is 0.167. The number of para-hydroxylation sites is 1. The molecule has 0 spiro atoms. The maximum absolute atomic E-state index is 13.4. The molecule has 0 fully saturated rings. The van der Waals surface area contributed by atoms with Crippen LogP contribution in [0.2, 0.25) is 0 Å². The second kappa shape index (κ2) is 9.06. The molecule has 31 heavy (non-hydrogen) atoms. The van der Waals surface area contributed by atoms with Crippen LogP contribution in [0.25, 0.3) is 16.8 Å². The zero-order valence-corrected chi connectivity index (χ0v) is 18.4. The lowest BCUT2D eigenvalue weighted by atomic mass is 10.0. The van der Waals surface area contributed by atoms with E-state index in [1.54, 1.807) is 42.2 Å². The maximum Gasteiger partial charge on any atom is 0.275 e. The van der Waals surface area contributed by atoms with Gasteiger partial charge in [0.1, 0.15) is 0 Å². The van der Waals surface area contributed by atoms with Gasteiger partial charge in [0.05, 0.1) is 19.9 Å². The van der Waals surface area contributed by atoms with E-state index in [2.05, 4.69) is 5.10 Å². The largest absolute Gasteiger partial charge is 0.493 e. The highest BCUT2D eigenvalue weighted by atomic mass is 32.1. The number of thiophene rings is 1. The number of rotatable bonds is 7. The molecule has 2 aromatic carbocycles. The predicted molar refractivity (Wildman–Crippen MR) is 122 cm³/mol. The average molecular weight is 434 g/mol. The molecular formula is C24H23N3O3S. The highest BCUT2D eigenvalue weighted by Crippen LogP contribution is 2.34. The first-order chi connectivity index (χ1) is 15.1. The van der Waals surface area contributed by atoms with Crippen LogP contribution in [0.1, 0.15) is 16.1 Å².